The molecule has 0 bridgehead atoms. The van der Waals surface area contributed by atoms with Crippen LogP contribution in [-0.2, 0) is 5.54 Å². The van der Waals surface area contributed by atoms with Gasteiger partial charge in [-0.15, -0.1) is 3.52 Å². The molecule has 158 valence electrons. The van der Waals surface area contributed by atoms with Gasteiger partial charge in [0.1, 0.15) is 6.54 Å². The smallest absolute Gasteiger partial charge is 0.187 e. The number of quaternary nitrogens is 1. The number of benzene rings is 1. The molecule has 0 aliphatic heterocycles. The van der Waals surface area contributed by atoms with Gasteiger partial charge in [-0.2, -0.15) is 0 Å². The Morgan fingerprint density at radius 2 is 1.11 bits per heavy atom. The lowest BCUT2D eigenvalue weighted by atomic mass is 9.94. The SMILES string of the molecule is CCCCCCCCCCCCCC[N+](Cl)(Cl)C(C)(C)c1ccccc1.[Cl-]. The van der Waals surface area contributed by atoms with E-state index in [0.717, 1.165) is 13.0 Å². The maximum absolute atomic E-state index is 6.70. The molecule has 0 aliphatic carbocycles. The summed E-state index contributed by atoms with van der Waals surface area (Å²) in [7, 11) is 0. The van der Waals surface area contributed by atoms with Gasteiger partial charge in [-0.3, -0.25) is 0 Å². The van der Waals surface area contributed by atoms with Crippen molar-refractivity contribution in [1.29, 1.82) is 0 Å². The van der Waals surface area contributed by atoms with Gasteiger partial charge >= 0.3 is 0 Å². The number of rotatable bonds is 15. The van der Waals surface area contributed by atoms with Gasteiger partial charge in [0, 0.05) is 5.56 Å². The van der Waals surface area contributed by atoms with E-state index >= 15 is 0 Å². The van der Waals surface area contributed by atoms with Crippen LogP contribution in [0.4, 0.5) is 0 Å². The van der Waals surface area contributed by atoms with Crippen molar-refractivity contribution in [3.63, 3.8) is 0 Å². The topological polar surface area (TPSA) is 0 Å². The lowest BCUT2D eigenvalue weighted by Gasteiger charge is -2.36. The Morgan fingerprint density at radius 1 is 0.704 bits per heavy atom. The minimum absolute atomic E-state index is 0. The lowest BCUT2D eigenvalue weighted by molar-refractivity contribution is -0.761. The highest BCUT2D eigenvalue weighted by atomic mass is 35.5. The molecule has 0 atom stereocenters. The van der Waals surface area contributed by atoms with E-state index in [1.54, 1.807) is 0 Å². The van der Waals surface area contributed by atoms with E-state index in [0.29, 0.717) is 0 Å². The molecule has 1 nitrogen and oxygen atoms in total. The maximum Gasteiger partial charge on any atom is 0.187 e. The van der Waals surface area contributed by atoms with Crippen LogP contribution < -0.4 is 12.4 Å². The summed E-state index contributed by atoms with van der Waals surface area (Å²) in [4.78, 5) is 0. The molecule has 0 aliphatic rings. The highest BCUT2D eigenvalue weighted by Gasteiger charge is 2.44. The zero-order valence-corrected chi connectivity index (χ0v) is 19.9. The molecule has 0 amide bonds. The van der Waals surface area contributed by atoms with E-state index in [1.165, 1.54) is 76.2 Å². The van der Waals surface area contributed by atoms with Gasteiger partial charge in [-0.05, 0) is 26.7 Å². The average Bonchev–Trinajstić information content (AvgIpc) is 2.63. The summed E-state index contributed by atoms with van der Waals surface area (Å²) in [6.45, 7) is 7.33. The highest BCUT2D eigenvalue weighted by molar-refractivity contribution is 6.23. The van der Waals surface area contributed by atoms with E-state index in [2.05, 4.69) is 45.0 Å². The summed E-state index contributed by atoms with van der Waals surface area (Å²) in [6.07, 6.45) is 16.2. The second kappa shape index (κ2) is 15.0. The Balaban J connectivity index is 0.00000676. The van der Waals surface area contributed by atoms with Crippen LogP contribution in [0.5, 0.6) is 0 Å². The molecule has 27 heavy (non-hydrogen) atoms. The first-order valence-corrected chi connectivity index (χ1v) is 11.4. The Hall–Kier alpha value is 0.0500. The monoisotopic (exact) mass is 435 g/mol. The van der Waals surface area contributed by atoms with E-state index in [-0.39, 0.29) is 21.5 Å². The predicted octanol–water partition coefficient (Wildman–Crippen LogP) is 5.75. The summed E-state index contributed by atoms with van der Waals surface area (Å²) in [5.74, 6) is 0. The first-order chi connectivity index (χ1) is 12.4. The quantitative estimate of drug-likeness (QED) is 0.242. The van der Waals surface area contributed by atoms with Crippen molar-refractivity contribution in [3.05, 3.63) is 35.9 Å². The van der Waals surface area contributed by atoms with E-state index in [4.69, 9.17) is 23.6 Å². The second-order valence-electron chi connectivity index (χ2n) is 8.17. The molecular weight excluding hydrogens is 397 g/mol. The zero-order chi connectivity index (χ0) is 19.3. The van der Waals surface area contributed by atoms with Gasteiger partial charge in [0.2, 0.25) is 0 Å². The van der Waals surface area contributed by atoms with Crippen LogP contribution >= 0.6 is 23.6 Å². The molecular formula is C23H40Cl3N. The van der Waals surface area contributed by atoms with Crippen LogP contribution in [0.1, 0.15) is 103 Å². The van der Waals surface area contributed by atoms with Crippen molar-refractivity contribution in [1.82, 2.24) is 0 Å². The Kier molecular flexibility index (Phi) is 15.0. The normalized spacial score (nSPS) is 12.0. The third-order valence-corrected chi connectivity index (χ3v) is 6.77. The molecule has 1 aromatic carbocycles. The van der Waals surface area contributed by atoms with Crippen LogP contribution in [0.15, 0.2) is 30.3 Å². The highest BCUT2D eigenvalue weighted by Crippen LogP contribution is 2.40. The largest absolute Gasteiger partial charge is 1.00 e. The average molecular weight is 437 g/mol. The van der Waals surface area contributed by atoms with Crippen molar-refractivity contribution in [2.75, 3.05) is 6.54 Å². The molecule has 0 fully saturated rings. The molecule has 1 aromatic rings. The molecule has 0 N–H and O–H groups in total. The van der Waals surface area contributed by atoms with Gasteiger partial charge in [0.25, 0.3) is 0 Å². The van der Waals surface area contributed by atoms with Crippen LogP contribution in [0.2, 0.25) is 0 Å². The summed E-state index contributed by atoms with van der Waals surface area (Å²) in [5, 5.41) is 0. The summed E-state index contributed by atoms with van der Waals surface area (Å²) in [6, 6.07) is 10.4. The predicted molar refractivity (Wildman–Crippen MR) is 117 cm³/mol. The van der Waals surface area contributed by atoms with E-state index < -0.39 is 0 Å². The minimum atomic E-state index is -0.303. The number of hydrogen-bond acceptors (Lipinski definition) is 0. The number of halogens is 3. The molecule has 0 radical (unpaired) electrons. The van der Waals surface area contributed by atoms with Crippen LogP contribution in [0, 0.1) is 0 Å². The van der Waals surface area contributed by atoms with Gasteiger partial charge < -0.3 is 12.4 Å². The summed E-state index contributed by atoms with van der Waals surface area (Å²) < 4.78 is 0.00870. The van der Waals surface area contributed by atoms with E-state index in [1.807, 2.05) is 6.07 Å². The standard InChI is InChI=1S/C23H40Cl2N.ClH/c1-4-5-6-7-8-9-10-11-12-13-14-18-21-26(24,25)23(2,3)22-19-16-15-17-20-22;/h15-17,19-20H,4-14,18,21H2,1-3H3;1H/q+1;/p-1. The fourth-order valence-corrected chi connectivity index (χ4v) is 3.90. The Morgan fingerprint density at radius 3 is 1.56 bits per heavy atom. The van der Waals surface area contributed by atoms with Crippen LogP contribution in [0.25, 0.3) is 0 Å². The van der Waals surface area contributed by atoms with Crippen molar-refractivity contribution >= 4 is 23.6 Å². The van der Waals surface area contributed by atoms with Gasteiger partial charge in [0.15, 0.2) is 29.1 Å². The first kappa shape index (κ1) is 27.0. The third kappa shape index (κ3) is 10.4. The molecule has 1 rings (SSSR count). The maximum atomic E-state index is 6.70. The van der Waals surface area contributed by atoms with Crippen LogP contribution in [-0.4, -0.2) is 10.1 Å². The van der Waals surface area contributed by atoms with Crippen LogP contribution in [0.3, 0.4) is 0 Å². The second-order valence-corrected chi connectivity index (χ2v) is 9.50. The number of nitrogens with zero attached hydrogens (tertiary/aromatic N) is 1. The van der Waals surface area contributed by atoms with Gasteiger partial charge in [-0.25, -0.2) is 0 Å². The molecule has 0 aromatic heterocycles. The summed E-state index contributed by atoms with van der Waals surface area (Å²) in [5.41, 5.74) is 0.881. The summed E-state index contributed by atoms with van der Waals surface area (Å²) >= 11 is 13.4. The zero-order valence-electron chi connectivity index (χ0n) is 17.7. The number of unbranched alkanes of at least 4 members (excludes halogenated alkanes) is 11. The van der Waals surface area contributed by atoms with E-state index in [9.17, 15) is 0 Å². The van der Waals surface area contributed by atoms with Gasteiger partial charge in [0.05, 0.1) is 0 Å². The lowest BCUT2D eigenvalue weighted by Crippen LogP contribution is -3.00. The fourth-order valence-electron chi connectivity index (χ4n) is 3.47. The Labute approximate surface area is 185 Å². The minimum Gasteiger partial charge on any atom is -1.00 e. The van der Waals surface area contributed by atoms with Crippen molar-refractivity contribution in [2.45, 2.75) is 103 Å². The van der Waals surface area contributed by atoms with Crippen molar-refractivity contribution < 1.29 is 15.9 Å². The number of hydrogen-bond donors (Lipinski definition) is 0. The molecule has 0 saturated heterocycles. The first-order valence-electron chi connectivity index (χ1n) is 10.7. The third-order valence-electron chi connectivity index (χ3n) is 5.59. The molecule has 4 heteroatoms. The molecule has 0 spiro atoms. The van der Waals surface area contributed by atoms with Gasteiger partial charge in [-0.1, -0.05) is 101 Å². The Bertz CT molecular complexity index is 460. The molecule has 0 saturated carbocycles. The molecule has 0 heterocycles. The fraction of sp³-hybridized carbons (Fsp3) is 0.739. The molecule has 0 unspecified atom stereocenters. The van der Waals surface area contributed by atoms with Crippen molar-refractivity contribution in [2.24, 2.45) is 0 Å². The van der Waals surface area contributed by atoms with Crippen molar-refractivity contribution in [3.8, 4) is 0 Å².